The summed E-state index contributed by atoms with van der Waals surface area (Å²) in [6.07, 6.45) is 2.48. The second kappa shape index (κ2) is 9.97. The largest absolute Gasteiger partial charge is 0.394 e. The SMILES string of the molecule is CCCNC(=O)[C@@H]1[C@H]2C(=O)N([C@@H](CO)C(C)C)C(C(=O)Nc3ccc4ccccc4c3)C23CC[C@@]1(CC)O3. The van der Waals surface area contributed by atoms with Crippen molar-refractivity contribution in [3.05, 3.63) is 42.5 Å². The highest BCUT2D eigenvalue weighted by atomic mass is 16.5. The summed E-state index contributed by atoms with van der Waals surface area (Å²) in [4.78, 5) is 43.4. The fourth-order valence-electron chi connectivity index (χ4n) is 7.17. The second-order valence-corrected chi connectivity index (χ2v) is 11.4. The van der Waals surface area contributed by atoms with Gasteiger partial charge < -0.3 is 25.4 Å². The molecule has 3 aliphatic heterocycles. The topological polar surface area (TPSA) is 108 Å². The lowest BCUT2D eigenvalue weighted by atomic mass is 9.65. The van der Waals surface area contributed by atoms with Gasteiger partial charge in [-0.25, -0.2) is 0 Å². The van der Waals surface area contributed by atoms with Crippen LogP contribution in [0.1, 0.15) is 53.4 Å². The van der Waals surface area contributed by atoms with E-state index in [0.717, 1.165) is 17.2 Å². The average molecular weight is 522 g/mol. The lowest BCUT2D eigenvalue weighted by molar-refractivity contribution is -0.150. The zero-order valence-corrected chi connectivity index (χ0v) is 22.7. The molecule has 6 atom stereocenters. The summed E-state index contributed by atoms with van der Waals surface area (Å²) in [7, 11) is 0. The first-order valence-electron chi connectivity index (χ1n) is 13.9. The van der Waals surface area contributed by atoms with Crippen LogP contribution in [0.3, 0.4) is 0 Å². The smallest absolute Gasteiger partial charge is 0.250 e. The fourth-order valence-corrected chi connectivity index (χ4v) is 7.17. The Kier molecular flexibility index (Phi) is 6.99. The number of carbonyl (C=O) groups excluding carboxylic acids is 3. The summed E-state index contributed by atoms with van der Waals surface area (Å²) in [5, 5.41) is 18.4. The van der Waals surface area contributed by atoms with Gasteiger partial charge in [0.25, 0.3) is 0 Å². The van der Waals surface area contributed by atoms with Crippen LogP contribution in [-0.4, -0.2) is 64.2 Å². The summed E-state index contributed by atoms with van der Waals surface area (Å²) < 4.78 is 6.79. The van der Waals surface area contributed by atoms with Crippen molar-refractivity contribution in [3.8, 4) is 0 Å². The van der Waals surface area contributed by atoms with E-state index < -0.39 is 35.1 Å². The number of fused-ring (bicyclic) bond motifs is 2. The third kappa shape index (κ3) is 3.92. The van der Waals surface area contributed by atoms with Crippen molar-refractivity contribution in [2.24, 2.45) is 17.8 Å². The Morgan fingerprint density at radius 1 is 1.11 bits per heavy atom. The number of aliphatic hydroxyl groups excluding tert-OH is 1. The van der Waals surface area contributed by atoms with Crippen LogP contribution in [-0.2, 0) is 19.1 Å². The molecule has 2 aromatic carbocycles. The number of rotatable bonds is 9. The van der Waals surface area contributed by atoms with Gasteiger partial charge in [-0.3, -0.25) is 14.4 Å². The monoisotopic (exact) mass is 521 g/mol. The van der Waals surface area contributed by atoms with Gasteiger partial charge in [0.2, 0.25) is 17.7 Å². The highest BCUT2D eigenvalue weighted by Gasteiger charge is 2.79. The summed E-state index contributed by atoms with van der Waals surface area (Å²) in [6, 6.07) is 12.1. The van der Waals surface area contributed by atoms with E-state index in [-0.39, 0.29) is 30.2 Å². The Balaban J connectivity index is 1.56. The molecule has 3 saturated heterocycles. The molecule has 0 aliphatic carbocycles. The summed E-state index contributed by atoms with van der Waals surface area (Å²) in [5.74, 6) is -2.35. The van der Waals surface area contributed by atoms with E-state index in [0.29, 0.717) is 31.5 Å². The first-order valence-corrected chi connectivity index (χ1v) is 13.9. The summed E-state index contributed by atoms with van der Waals surface area (Å²) in [5.41, 5.74) is -1.27. The van der Waals surface area contributed by atoms with Gasteiger partial charge in [0.05, 0.1) is 30.1 Å². The van der Waals surface area contributed by atoms with Crippen LogP contribution < -0.4 is 10.6 Å². The van der Waals surface area contributed by atoms with Crippen molar-refractivity contribution >= 4 is 34.2 Å². The maximum atomic E-state index is 14.2. The molecule has 8 nitrogen and oxygen atoms in total. The number of amides is 3. The van der Waals surface area contributed by atoms with Crippen molar-refractivity contribution in [2.45, 2.75) is 76.7 Å². The number of carbonyl (C=O) groups is 3. The molecule has 2 bridgehead atoms. The van der Waals surface area contributed by atoms with Crippen molar-refractivity contribution in [1.29, 1.82) is 0 Å². The lowest BCUT2D eigenvalue weighted by Gasteiger charge is -2.38. The van der Waals surface area contributed by atoms with Gasteiger partial charge in [0, 0.05) is 12.2 Å². The van der Waals surface area contributed by atoms with Gasteiger partial charge in [-0.15, -0.1) is 0 Å². The van der Waals surface area contributed by atoms with Crippen LogP contribution in [0.5, 0.6) is 0 Å². The van der Waals surface area contributed by atoms with E-state index in [2.05, 4.69) is 10.6 Å². The summed E-state index contributed by atoms with van der Waals surface area (Å²) in [6.45, 7) is 8.06. The third-order valence-corrected chi connectivity index (χ3v) is 9.03. The van der Waals surface area contributed by atoms with Crippen molar-refractivity contribution in [3.63, 3.8) is 0 Å². The van der Waals surface area contributed by atoms with Gasteiger partial charge in [0.15, 0.2) is 0 Å². The van der Waals surface area contributed by atoms with Gasteiger partial charge >= 0.3 is 0 Å². The van der Waals surface area contributed by atoms with E-state index >= 15 is 0 Å². The third-order valence-electron chi connectivity index (χ3n) is 9.03. The molecule has 38 heavy (non-hydrogen) atoms. The maximum absolute atomic E-state index is 14.2. The van der Waals surface area contributed by atoms with Crippen molar-refractivity contribution in [1.82, 2.24) is 10.2 Å². The molecule has 8 heteroatoms. The highest BCUT2D eigenvalue weighted by Crippen LogP contribution is 2.64. The molecular weight excluding hydrogens is 482 g/mol. The molecule has 3 aliphatic rings. The molecule has 3 amide bonds. The zero-order chi connectivity index (χ0) is 27.2. The molecule has 5 rings (SSSR count). The number of benzene rings is 2. The van der Waals surface area contributed by atoms with Crippen LogP contribution in [0.25, 0.3) is 10.8 Å². The number of anilines is 1. The van der Waals surface area contributed by atoms with Crippen LogP contribution in [0.15, 0.2) is 42.5 Å². The molecule has 204 valence electrons. The van der Waals surface area contributed by atoms with E-state index in [1.807, 2.05) is 70.2 Å². The molecular formula is C30H39N3O5. The predicted octanol–water partition coefficient (Wildman–Crippen LogP) is 3.48. The number of nitrogens with one attached hydrogen (secondary N) is 2. The van der Waals surface area contributed by atoms with E-state index in [1.54, 1.807) is 0 Å². The number of likely N-dealkylation sites (tertiary alicyclic amines) is 1. The van der Waals surface area contributed by atoms with E-state index in [4.69, 9.17) is 4.74 Å². The fraction of sp³-hybridized carbons (Fsp3) is 0.567. The maximum Gasteiger partial charge on any atom is 0.250 e. The number of hydrogen-bond donors (Lipinski definition) is 3. The Morgan fingerprint density at radius 2 is 1.84 bits per heavy atom. The molecule has 3 fully saturated rings. The molecule has 2 unspecified atom stereocenters. The standard InChI is InChI=1S/C30H39N3O5/c1-5-15-31-26(35)23-24-28(37)33(22(17-34)18(3)4)25(30(24)14-13-29(23,6-2)38-30)27(36)32-21-12-11-19-9-7-8-10-20(19)16-21/h7-12,16,18,22-25,34H,5-6,13-15,17H2,1-4H3,(H,31,35)(H,32,36)/t22-,23-,24-,25?,29+,30?/m0/s1. The van der Waals surface area contributed by atoms with Gasteiger partial charge in [0.1, 0.15) is 11.6 Å². The van der Waals surface area contributed by atoms with Gasteiger partial charge in [-0.2, -0.15) is 0 Å². The minimum Gasteiger partial charge on any atom is -0.394 e. The van der Waals surface area contributed by atoms with Gasteiger partial charge in [-0.1, -0.05) is 58.0 Å². The number of ether oxygens (including phenoxy) is 1. The first-order chi connectivity index (χ1) is 18.2. The van der Waals surface area contributed by atoms with Crippen LogP contribution in [0.4, 0.5) is 5.69 Å². The van der Waals surface area contributed by atoms with E-state index in [1.165, 1.54) is 4.90 Å². The summed E-state index contributed by atoms with van der Waals surface area (Å²) >= 11 is 0. The molecule has 2 aromatic rings. The van der Waals surface area contributed by atoms with Crippen LogP contribution in [0.2, 0.25) is 0 Å². The first kappa shape index (κ1) is 26.6. The van der Waals surface area contributed by atoms with Crippen LogP contribution >= 0.6 is 0 Å². The Hall–Kier alpha value is -2.97. The number of nitrogens with zero attached hydrogens (tertiary/aromatic N) is 1. The molecule has 3 N–H and O–H groups in total. The Morgan fingerprint density at radius 3 is 2.50 bits per heavy atom. The second-order valence-electron chi connectivity index (χ2n) is 11.4. The molecule has 0 saturated carbocycles. The Labute approximate surface area is 224 Å². The quantitative estimate of drug-likeness (QED) is 0.468. The number of hydrogen-bond acceptors (Lipinski definition) is 5. The average Bonchev–Trinajstić information content (AvgIpc) is 3.51. The molecule has 0 radical (unpaired) electrons. The highest BCUT2D eigenvalue weighted by molar-refractivity contribution is 6.04. The van der Waals surface area contributed by atoms with E-state index in [9.17, 15) is 19.5 Å². The Bertz CT molecular complexity index is 1250. The predicted molar refractivity (Wildman–Crippen MR) is 145 cm³/mol. The lowest BCUT2D eigenvalue weighted by Crippen LogP contribution is -2.57. The zero-order valence-electron chi connectivity index (χ0n) is 22.7. The minimum atomic E-state index is -1.12. The van der Waals surface area contributed by atoms with Gasteiger partial charge in [-0.05, 0) is 54.5 Å². The van der Waals surface area contributed by atoms with Crippen LogP contribution in [0, 0.1) is 17.8 Å². The minimum absolute atomic E-state index is 0.0974. The molecule has 0 aromatic heterocycles. The van der Waals surface area contributed by atoms with Crippen molar-refractivity contribution < 1.29 is 24.2 Å². The molecule has 1 spiro atoms. The number of aliphatic hydroxyl groups is 1. The molecule has 3 heterocycles. The van der Waals surface area contributed by atoms with Crippen molar-refractivity contribution in [2.75, 3.05) is 18.5 Å². The normalized spacial score (nSPS) is 30.6.